The first-order chi connectivity index (χ1) is 13.0. The number of benzene rings is 1. The number of carbonyl (C=O) groups excluding carboxylic acids is 2. The van der Waals surface area contributed by atoms with Crippen LogP contribution in [-0.2, 0) is 4.79 Å². The molecule has 4 rings (SSSR count). The van der Waals surface area contributed by atoms with Crippen molar-refractivity contribution in [1.82, 2.24) is 15.1 Å². The standard InChI is InChI=1S/C20H27ClN4O2/c1-15-6-8-20(9-7-15)18(26)25(19(27)22-20)14-23-10-12-24(13-11-23)17-5-3-2-4-16(17)21/h2-5,15H,6-14H2,1H3,(H,22,27). The topological polar surface area (TPSA) is 55.9 Å². The number of carbonyl (C=O) groups is 2. The van der Waals surface area contributed by atoms with Crippen molar-refractivity contribution in [2.75, 3.05) is 37.7 Å². The maximum absolute atomic E-state index is 13.0. The fraction of sp³-hybridized carbons (Fsp3) is 0.600. The van der Waals surface area contributed by atoms with Gasteiger partial charge < -0.3 is 10.2 Å². The monoisotopic (exact) mass is 390 g/mol. The van der Waals surface area contributed by atoms with E-state index in [1.165, 1.54) is 4.90 Å². The number of nitrogens with zero attached hydrogens (tertiary/aromatic N) is 3. The van der Waals surface area contributed by atoms with Gasteiger partial charge >= 0.3 is 6.03 Å². The van der Waals surface area contributed by atoms with Crippen molar-refractivity contribution in [2.45, 2.75) is 38.1 Å². The lowest BCUT2D eigenvalue weighted by molar-refractivity contribution is -0.134. The molecule has 1 aromatic rings. The molecule has 1 saturated carbocycles. The number of piperazine rings is 1. The largest absolute Gasteiger partial charge is 0.368 e. The Bertz CT molecular complexity index is 724. The zero-order valence-electron chi connectivity index (χ0n) is 15.8. The second kappa shape index (κ2) is 7.32. The molecule has 1 spiro atoms. The minimum absolute atomic E-state index is 0.0343. The summed E-state index contributed by atoms with van der Waals surface area (Å²) in [5.74, 6) is 0.597. The van der Waals surface area contributed by atoms with Crippen LogP contribution in [-0.4, -0.2) is 60.1 Å². The van der Waals surface area contributed by atoms with Crippen molar-refractivity contribution < 1.29 is 9.59 Å². The Hall–Kier alpha value is -1.79. The molecule has 3 amide bonds. The average Bonchev–Trinajstić information content (AvgIpc) is 2.90. The number of hydrogen-bond acceptors (Lipinski definition) is 4. The lowest BCUT2D eigenvalue weighted by Gasteiger charge is -2.38. The van der Waals surface area contributed by atoms with E-state index in [0.29, 0.717) is 12.6 Å². The summed E-state index contributed by atoms with van der Waals surface area (Å²) in [6, 6.07) is 7.62. The predicted molar refractivity (Wildman–Crippen MR) is 106 cm³/mol. The van der Waals surface area contributed by atoms with Gasteiger partial charge in [-0.25, -0.2) is 9.69 Å². The second-order valence-corrected chi connectivity index (χ2v) is 8.53. The Morgan fingerprint density at radius 3 is 2.44 bits per heavy atom. The highest BCUT2D eigenvalue weighted by Gasteiger charge is 2.52. The van der Waals surface area contributed by atoms with Crippen molar-refractivity contribution >= 4 is 29.2 Å². The highest BCUT2D eigenvalue weighted by atomic mass is 35.5. The van der Waals surface area contributed by atoms with Crippen LogP contribution in [0.25, 0.3) is 0 Å². The quantitative estimate of drug-likeness (QED) is 0.806. The molecule has 2 saturated heterocycles. The molecular formula is C20H27ClN4O2. The van der Waals surface area contributed by atoms with Gasteiger partial charge in [0.15, 0.2) is 0 Å². The first kappa shape index (κ1) is 18.6. The van der Waals surface area contributed by atoms with Crippen LogP contribution >= 0.6 is 11.6 Å². The van der Waals surface area contributed by atoms with Crippen LogP contribution in [0.2, 0.25) is 5.02 Å². The molecule has 3 fully saturated rings. The maximum Gasteiger partial charge on any atom is 0.326 e. The van der Waals surface area contributed by atoms with Crippen LogP contribution in [0.1, 0.15) is 32.6 Å². The maximum atomic E-state index is 13.0. The molecule has 27 heavy (non-hydrogen) atoms. The smallest absolute Gasteiger partial charge is 0.326 e. The van der Waals surface area contributed by atoms with Crippen molar-refractivity contribution in [3.63, 3.8) is 0 Å². The minimum Gasteiger partial charge on any atom is -0.368 e. The number of hydrogen-bond donors (Lipinski definition) is 1. The van der Waals surface area contributed by atoms with Gasteiger partial charge in [0.2, 0.25) is 0 Å². The van der Waals surface area contributed by atoms with E-state index in [1.807, 2.05) is 24.3 Å². The van der Waals surface area contributed by atoms with Crippen molar-refractivity contribution in [3.8, 4) is 0 Å². The van der Waals surface area contributed by atoms with Crippen LogP contribution in [0.5, 0.6) is 0 Å². The normalized spacial score (nSPS) is 29.5. The van der Waals surface area contributed by atoms with Gasteiger partial charge in [-0.3, -0.25) is 9.69 Å². The number of anilines is 1. The Balaban J connectivity index is 1.36. The van der Waals surface area contributed by atoms with E-state index in [0.717, 1.165) is 62.6 Å². The molecule has 7 heteroatoms. The van der Waals surface area contributed by atoms with E-state index in [9.17, 15) is 9.59 Å². The molecule has 0 radical (unpaired) electrons. The molecule has 0 aromatic heterocycles. The first-order valence-corrected chi connectivity index (χ1v) is 10.2. The van der Waals surface area contributed by atoms with Gasteiger partial charge in [0.05, 0.1) is 17.4 Å². The first-order valence-electron chi connectivity index (χ1n) is 9.84. The summed E-state index contributed by atoms with van der Waals surface area (Å²) in [5, 5.41) is 3.76. The fourth-order valence-electron chi connectivity index (χ4n) is 4.44. The average molecular weight is 391 g/mol. The summed E-state index contributed by atoms with van der Waals surface area (Å²) in [7, 11) is 0. The predicted octanol–water partition coefficient (Wildman–Crippen LogP) is 2.92. The Labute approximate surface area is 165 Å². The molecule has 6 nitrogen and oxygen atoms in total. The summed E-state index contributed by atoms with van der Waals surface area (Å²) in [4.78, 5) is 31.3. The summed E-state index contributed by atoms with van der Waals surface area (Å²) < 4.78 is 0. The van der Waals surface area contributed by atoms with Gasteiger partial charge in [0.25, 0.3) is 5.91 Å². The molecule has 1 aromatic carbocycles. The van der Waals surface area contributed by atoms with Crippen molar-refractivity contribution in [2.24, 2.45) is 5.92 Å². The molecule has 1 aliphatic carbocycles. The summed E-state index contributed by atoms with van der Waals surface area (Å²) in [6.45, 7) is 5.84. The fourth-order valence-corrected chi connectivity index (χ4v) is 4.69. The number of amides is 3. The van der Waals surface area contributed by atoms with E-state index in [2.05, 4.69) is 22.0 Å². The van der Waals surface area contributed by atoms with E-state index < -0.39 is 5.54 Å². The SMILES string of the molecule is CC1CCC2(CC1)NC(=O)N(CN1CCN(c3ccccc3Cl)CC1)C2=O. The highest BCUT2D eigenvalue weighted by molar-refractivity contribution is 6.33. The molecule has 2 aliphatic heterocycles. The third kappa shape index (κ3) is 3.52. The summed E-state index contributed by atoms with van der Waals surface area (Å²) in [6.07, 6.45) is 3.51. The third-order valence-electron chi connectivity index (χ3n) is 6.28. The molecular weight excluding hydrogens is 364 g/mol. The molecule has 0 bridgehead atoms. The molecule has 1 N–H and O–H groups in total. The molecule has 2 heterocycles. The number of para-hydroxylation sites is 1. The molecule has 0 atom stereocenters. The summed E-state index contributed by atoms with van der Waals surface area (Å²) >= 11 is 6.30. The lowest BCUT2D eigenvalue weighted by atomic mass is 9.77. The minimum atomic E-state index is -0.650. The van der Waals surface area contributed by atoms with Crippen LogP contribution < -0.4 is 10.2 Å². The second-order valence-electron chi connectivity index (χ2n) is 8.13. The van der Waals surface area contributed by atoms with E-state index in [-0.39, 0.29) is 11.9 Å². The van der Waals surface area contributed by atoms with Gasteiger partial charge in [0.1, 0.15) is 5.54 Å². The van der Waals surface area contributed by atoms with Crippen LogP contribution in [0.4, 0.5) is 10.5 Å². The van der Waals surface area contributed by atoms with Gasteiger partial charge in [-0.15, -0.1) is 0 Å². The van der Waals surface area contributed by atoms with Crippen LogP contribution in [0, 0.1) is 5.92 Å². The van der Waals surface area contributed by atoms with Crippen molar-refractivity contribution in [3.05, 3.63) is 29.3 Å². The van der Waals surface area contributed by atoms with E-state index >= 15 is 0 Å². The highest BCUT2D eigenvalue weighted by Crippen LogP contribution is 2.36. The number of imide groups is 1. The van der Waals surface area contributed by atoms with Gasteiger partial charge in [0, 0.05) is 26.2 Å². The van der Waals surface area contributed by atoms with E-state index in [1.54, 1.807) is 0 Å². The number of nitrogens with one attached hydrogen (secondary N) is 1. The van der Waals surface area contributed by atoms with E-state index in [4.69, 9.17) is 11.6 Å². The van der Waals surface area contributed by atoms with Gasteiger partial charge in [-0.2, -0.15) is 0 Å². The van der Waals surface area contributed by atoms with Crippen LogP contribution in [0.3, 0.4) is 0 Å². The van der Waals surface area contributed by atoms with Gasteiger partial charge in [-0.05, 0) is 43.7 Å². The number of halogens is 1. The third-order valence-corrected chi connectivity index (χ3v) is 6.60. The zero-order valence-corrected chi connectivity index (χ0v) is 16.5. The summed E-state index contributed by atoms with van der Waals surface area (Å²) in [5.41, 5.74) is 0.396. The Morgan fingerprint density at radius 1 is 1.11 bits per heavy atom. The lowest BCUT2D eigenvalue weighted by Crippen LogP contribution is -2.52. The molecule has 0 unspecified atom stereocenters. The van der Waals surface area contributed by atoms with Crippen LogP contribution in [0.15, 0.2) is 24.3 Å². The van der Waals surface area contributed by atoms with Gasteiger partial charge in [-0.1, -0.05) is 30.7 Å². The molecule has 146 valence electrons. The molecule has 3 aliphatic rings. The number of urea groups is 1. The zero-order chi connectivity index (χ0) is 19.0. The number of rotatable bonds is 3. The Morgan fingerprint density at radius 2 is 1.78 bits per heavy atom. The van der Waals surface area contributed by atoms with Crippen molar-refractivity contribution in [1.29, 1.82) is 0 Å². The Kier molecular flexibility index (Phi) is 5.03.